The molecular weight excluding hydrogens is 552 g/mol. The minimum absolute atomic E-state index is 0.0138. The largest absolute Gasteiger partial charge is 0.435 e. The number of hydroxylamine groups is 1. The summed E-state index contributed by atoms with van der Waals surface area (Å²) in [6, 6.07) is 4.59. The van der Waals surface area contributed by atoms with Crippen molar-refractivity contribution >= 4 is 58.2 Å². The summed E-state index contributed by atoms with van der Waals surface area (Å²) in [4.78, 5) is 46.4. The van der Waals surface area contributed by atoms with Gasteiger partial charge in [-0.2, -0.15) is 18.3 Å². The van der Waals surface area contributed by atoms with Crippen LogP contribution in [0.3, 0.4) is 0 Å². The summed E-state index contributed by atoms with van der Waals surface area (Å²) in [5.41, 5.74) is -0.477. The molecule has 0 aliphatic carbocycles. The first kappa shape index (κ1) is 25.7. The van der Waals surface area contributed by atoms with Crippen LogP contribution in [-0.4, -0.2) is 45.1 Å². The predicted octanol–water partition coefficient (Wildman–Crippen LogP) is 3.66. The van der Waals surface area contributed by atoms with Gasteiger partial charge < -0.3 is 10.6 Å². The van der Waals surface area contributed by atoms with Gasteiger partial charge in [0.05, 0.1) is 21.3 Å². The molecule has 1 unspecified atom stereocenters. The Hall–Kier alpha value is -3.39. The van der Waals surface area contributed by atoms with Crippen LogP contribution in [0.1, 0.15) is 26.5 Å². The first-order valence-electron chi connectivity index (χ1n) is 9.76. The van der Waals surface area contributed by atoms with Gasteiger partial charge in [0.25, 0.3) is 17.7 Å². The van der Waals surface area contributed by atoms with Gasteiger partial charge in [0.2, 0.25) is 0 Å². The zero-order chi connectivity index (χ0) is 26.2. The van der Waals surface area contributed by atoms with Crippen LogP contribution >= 0.6 is 34.8 Å². The van der Waals surface area contributed by atoms with Crippen LogP contribution < -0.4 is 16.1 Å². The van der Waals surface area contributed by atoms with E-state index in [0.29, 0.717) is 10.7 Å². The molecule has 16 heteroatoms. The average Bonchev–Trinajstić information content (AvgIpc) is 3.42. The Bertz CT molecular complexity index is 1380. The Labute approximate surface area is 214 Å². The normalized spacial score (nSPS) is 15.5. The number of nitrogens with zero attached hydrogens (tertiary/aromatic N) is 3. The van der Waals surface area contributed by atoms with Crippen molar-refractivity contribution in [2.75, 3.05) is 11.9 Å². The quantitative estimate of drug-likeness (QED) is 0.435. The fourth-order valence-electron chi connectivity index (χ4n) is 3.12. The molecule has 1 aromatic carbocycles. The number of pyridine rings is 1. The summed E-state index contributed by atoms with van der Waals surface area (Å²) < 4.78 is 40.8. The summed E-state index contributed by atoms with van der Waals surface area (Å²) in [7, 11) is 0. The highest BCUT2D eigenvalue weighted by molar-refractivity contribution is 6.38. The Balaban J connectivity index is 1.73. The number of carbonyl (C=O) groups excluding carboxylic acids is 3. The second-order valence-electron chi connectivity index (χ2n) is 7.20. The number of rotatable bonds is 5. The van der Waals surface area contributed by atoms with Gasteiger partial charge in [-0.3, -0.25) is 19.2 Å². The van der Waals surface area contributed by atoms with Crippen molar-refractivity contribution in [1.82, 2.24) is 25.6 Å². The summed E-state index contributed by atoms with van der Waals surface area (Å²) in [5, 5.41) is 7.87. The van der Waals surface area contributed by atoms with Crippen LogP contribution in [0.4, 0.5) is 18.9 Å². The molecule has 1 aliphatic heterocycles. The number of carbonyl (C=O) groups is 3. The highest BCUT2D eigenvalue weighted by atomic mass is 35.5. The predicted molar refractivity (Wildman–Crippen MR) is 121 cm³/mol. The maximum absolute atomic E-state index is 13.4. The molecular formula is C20H12Cl3F3N6O4. The summed E-state index contributed by atoms with van der Waals surface area (Å²) >= 11 is 18.2. The number of hydrogen-bond acceptors (Lipinski definition) is 6. The van der Waals surface area contributed by atoms with Gasteiger partial charge in [0, 0.05) is 17.3 Å². The fourth-order valence-corrected chi connectivity index (χ4v) is 3.86. The van der Waals surface area contributed by atoms with E-state index in [4.69, 9.17) is 39.6 Å². The van der Waals surface area contributed by atoms with E-state index in [0.717, 1.165) is 6.07 Å². The molecule has 3 aromatic rings. The van der Waals surface area contributed by atoms with E-state index in [1.54, 1.807) is 0 Å². The van der Waals surface area contributed by atoms with Crippen LogP contribution in [0.25, 0.3) is 5.82 Å². The smallest absolute Gasteiger partial charge is 0.338 e. The summed E-state index contributed by atoms with van der Waals surface area (Å²) in [5.74, 6) is -2.84. The van der Waals surface area contributed by atoms with Gasteiger partial charge in [-0.05, 0) is 24.3 Å². The van der Waals surface area contributed by atoms with Crippen LogP contribution in [0.15, 0.2) is 36.5 Å². The van der Waals surface area contributed by atoms with E-state index >= 15 is 0 Å². The molecule has 3 N–H and O–H groups in total. The average molecular weight is 564 g/mol. The molecule has 0 saturated carbocycles. The van der Waals surface area contributed by atoms with Crippen molar-refractivity contribution in [3.63, 3.8) is 0 Å². The lowest BCUT2D eigenvalue weighted by Crippen LogP contribution is -2.42. The van der Waals surface area contributed by atoms with Crippen LogP contribution in [0, 0.1) is 0 Å². The summed E-state index contributed by atoms with van der Waals surface area (Å²) in [6.45, 7) is -0.162. The fraction of sp³-hybridized carbons (Fsp3) is 0.150. The minimum Gasteiger partial charge on any atom is -0.338 e. The third kappa shape index (κ3) is 5.23. The first-order valence-corrected chi connectivity index (χ1v) is 10.9. The molecule has 10 nitrogen and oxygen atoms in total. The molecule has 1 aliphatic rings. The van der Waals surface area contributed by atoms with Crippen molar-refractivity contribution in [2.45, 2.75) is 12.2 Å². The topological polar surface area (TPSA) is 127 Å². The van der Waals surface area contributed by atoms with Gasteiger partial charge >= 0.3 is 6.18 Å². The monoisotopic (exact) mass is 562 g/mol. The molecule has 188 valence electrons. The van der Waals surface area contributed by atoms with E-state index in [1.165, 1.54) is 24.4 Å². The maximum Gasteiger partial charge on any atom is 0.435 e. The molecule has 36 heavy (non-hydrogen) atoms. The number of benzene rings is 1. The van der Waals surface area contributed by atoms with Gasteiger partial charge in [-0.25, -0.2) is 15.1 Å². The zero-order valence-electron chi connectivity index (χ0n) is 17.5. The number of halogens is 6. The second kappa shape index (κ2) is 9.93. The lowest BCUT2D eigenvalue weighted by molar-refractivity contribution is -0.141. The van der Waals surface area contributed by atoms with E-state index in [1.807, 2.05) is 0 Å². The first-order chi connectivity index (χ1) is 17.0. The van der Waals surface area contributed by atoms with Gasteiger partial charge in [0.15, 0.2) is 11.5 Å². The Morgan fingerprint density at radius 1 is 1.14 bits per heavy atom. The van der Waals surface area contributed by atoms with E-state index in [9.17, 15) is 27.6 Å². The molecule has 0 radical (unpaired) electrons. The molecule has 1 atom stereocenters. The second-order valence-corrected chi connectivity index (χ2v) is 8.45. The zero-order valence-corrected chi connectivity index (χ0v) is 19.8. The number of anilines is 1. The molecule has 4 rings (SSSR count). The number of aromatic nitrogens is 3. The Morgan fingerprint density at radius 3 is 2.53 bits per heavy atom. The SMILES string of the molecule is O=C(NC1CONC1=O)c1cc(Cl)cc(Cl)c1NC(=O)c1cc(C(F)(F)F)nn1-c1ncccc1Cl. The molecule has 1 saturated heterocycles. The third-order valence-corrected chi connectivity index (χ3v) is 5.57. The number of hydrogen-bond donors (Lipinski definition) is 3. The lowest BCUT2D eigenvalue weighted by atomic mass is 10.1. The van der Waals surface area contributed by atoms with Crippen molar-refractivity contribution in [3.05, 3.63) is 68.5 Å². The Morgan fingerprint density at radius 2 is 1.89 bits per heavy atom. The van der Waals surface area contributed by atoms with E-state index in [-0.39, 0.29) is 38.7 Å². The minimum atomic E-state index is -4.89. The Kier molecular flexibility index (Phi) is 7.09. The number of nitrogens with one attached hydrogen (secondary N) is 3. The highest BCUT2D eigenvalue weighted by Crippen LogP contribution is 2.33. The van der Waals surface area contributed by atoms with Crippen molar-refractivity contribution in [2.24, 2.45) is 0 Å². The molecule has 1 fully saturated rings. The lowest BCUT2D eigenvalue weighted by Gasteiger charge is -2.15. The summed E-state index contributed by atoms with van der Waals surface area (Å²) in [6.07, 6.45) is -3.65. The van der Waals surface area contributed by atoms with Crippen molar-refractivity contribution < 1.29 is 32.4 Å². The molecule has 0 spiro atoms. The number of amides is 3. The van der Waals surface area contributed by atoms with E-state index < -0.39 is 41.3 Å². The van der Waals surface area contributed by atoms with Crippen LogP contribution in [0.5, 0.6) is 0 Å². The number of alkyl halides is 3. The van der Waals surface area contributed by atoms with Gasteiger partial charge in [-0.15, -0.1) is 0 Å². The van der Waals surface area contributed by atoms with Gasteiger partial charge in [0.1, 0.15) is 18.3 Å². The van der Waals surface area contributed by atoms with Crippen LogP contribution in [-0.2, 0) is 15.8 Å². The molecule has 0 bridgehead atoms. The van der Waals surface area contributed by atoms with Crippen molar-refractivity contribution in [1.29, 1.82) is 0 Å². The molecule has 3 amide bonds. The van der Waals surface area contributed by atoms with Crippen molar-refractivity contribution in [3.8, 4) is 5.82 Å². The third-order valence-electron chi connectivity index (χ3n) is 4.75. The molecule has 3 heterocycles. The van der Waals surface area contributed by atoms with Gasteiger partial charge in [-0.1, -0.05) is 34.8 Å². The molecule has 2 aromatic heterocycles. The standard InChI is InChI=1S/C20H12Cl3F3N6O4/c21-8-4-9(17(33)28-12-7-36-31-18(12)34)15(11(23)5-8)29-19(35)13-6-14(20(24,25)26)30-32(13)16-10(22)2-1-3-27-16/h1-6,12H,7H2,(H,28,33)(H,29,35)(H,31,34). The van der Waals surface area contributed by atoms with Crippen LogP contribution in [0.2, 0.25) is 15.1 Å². The van der Waals surface area contributed by atoms with E-state index in [2.05, 4.69) is 26.2 Å². The maximum atomic E-state index is 13.4. The highest BCUT2D eigenvalue weighted by Gasteiger charge is 2.37.